The van der Waals surface area contributed by atoms with Gasteiger partial charge in [-0.25, -0.2) is 4.79 Å². The Morgan fingerprint density at radius 3 is 2.68 bits per heavy atom. The van der Waals surface area contributed by atoms with E-state index in [-0.39, 0.29) is 11.4 Å². The summed E-state index contributed by atoms with van der Waals surface area (Å²) in [7, 11) is 0. The van der Waals surface area contributed by atoms with E-state index in [9.17, 15) is 4.79 Å². The van der Waals surface area contributed by atoms with Crippen LogP contribution in [0.5, 0.6) is 0 Å². The highest BCUT2D eigenvalue weighted by Crippen LogP contribution is 2.41. The van der Waals surface area contributed by atoms with Gasteiger partial charge in [0.25, 0.3) is 0 Å². The van der Waals surface area contributed by atoms with Gasteiger partial charge in [-0.3, -0.25) is 0 Å². The lowest BCUT2D eigenvalue weighted by atomic mass is 10.2. The number of carbonyl (C=O) groups excluding carboxylic acids is 1. The second-order valence-corrected chi connectivity index (χ2v) is 6.91. The molecule has 1 atom stereocenters. The van der Waals surface area contributed by atoms with E-state index in [0.717, 1.165) is 17.0 Å². The summed E-state index contributed by atoms with van der Waals surface area (Å²) < 4.78 is 0. The van der Waals surface area contributed by atoms with Crippen LogP contribution in [-0.2, 0) is 0 Å². The molecule has 1 unspecified atom stereocenters. The number of nitrogens with zero attached hydrogens (tertiary/aromatic N) is 1. The second kappa shape index (κ2) is 6.82. The molecule has 0 aliphatic carbocycles. The molecule has 1 aliphatic heterocycles. The molecular weight excluding hydrogens is 339 g/mol. The predicted octanol–water partition coefficient (Wildman–Crippen LogP) is 5.27. The summed E-state index contributed by atoms with van der Waals surface area (Å²) in [5.41, 5.74) is 1.70. The zero-order valence-corrected chi connectivity index (χ0v) is 14.0. The van der Waals surface area contributed by atoms with Crippen LogP contribution in [0.3, 0.4) is 0 Å². The Hall–Kier alpha value is -1.36. The third kappa shape index (κ3) is 3.35. The molecule has 1 N–H and O–H groups in total. The highest BCUT2D eigenvalue weighted by Gasteiger charge is 2.32. The summed E-state index contributed by atoms with van der Waals surface area (Å²) in [5, 5.41) is 4.01. The first-order valence-corrected chi connectivity index (χ1v) is 8.65. The highest BCUT2D eigenvalue weighted by molar-refractivity contribution is 7.99. The molecule has 2 aromatic rings. The quantitative estimate of drug-likeness (QED) is 0.797. The van der Waals surface area contributed by atoms with E-state index >= 15 is 0 Å². The Morgan fingerprint density at radius 2 is 1.95 bits per heavy atom. The van der Waals surface area contributed by atoms with Gasteiger partial charge < -0.3 is 10.2 Å². The summed E-state index contributed by atoms with van der Waals surface area (Å²) in [5.74, 6) is 0.881. The molecule has 3 nitrogen and oxygen atoms in total. The fourth-order valence-corrected chi connectivity index (χ4v) is 4.22. The van der Waals surface area contributed by atoms with Crippen molar-refractivity contribution < 1.29 is 4.79 Å². The summed E-state index contributed by atoms with van der Waals surface area (Å²) in [4.78, 5) is 14.3. The largest absolute Gasteiger partial charge is 0.323 e. The maximum atomic E-state index is 12.5. The third-order valence-corrected chi connectivity index (χ3v) is 5.21. The molecule has 22 heavy (non-hydrogen) atoms. The zero-order chi connectivity index (χ0) is 15.5. The maximum Gasteiger partial charge on any atom is 0.323 e. The molecule has 6 heteroatoms. The number of thioether (sulfide) groups is 1. The molecule has 1 heterocycles. The normalized spacial score (nSPS) is 17.5. The number of rotatable bonds is 2. The molecule has 0 spiro atoms. The number of anilines is 1. The lowest BCUT2D eigenvalue weighted by molar-refractivity contribution is 0.214. The summed E-state index contributed by atoms with van der Waals surface area (Å²) in [6, 6.07) is 14.7. The Bertz CT molecular complexity index is 681. The van der Waals surface area contributed by atoms with Crippen LogP contribution >= 0.6 is 35.0 Å². The summed E-state index contributed by atoms with van der Waals surface area (Å²) in [6.07, 6.45) is 0. The van der Waals surface area contributed by atoms with E-state index in [2.05, 4.69) is 5.32 Å². The van der Waals surface area contributed by atoms with Gasteiger partial charge in [0, 0.05) is 33.6 Å². The van der Waals surface area contributed by atoms with Gasteiger partial charge in [-0.1, -0.05) is 47.5 Å². The monoisotopic (exact) mass is 352 g/mol. The molecular formula is C16H14Cl2N2OS. The number of benzene rings is 2. The minimum absolute atomic E-state index is 0.0894. The smallest absolute Gasteiger partial charge is 0.308 e. The minimum atomic E-state index is -0.118. The SMILES string of the molecule is O=C(Nc1ccccc1)N1CCSC1c1ccc(Cl)cc1Cl. The highest BCUT2D eigenvalue weighted by atomic mass is 35.5. The van der Waals surface area contributed by atoms with Gasteiger partial charge >= 0.3 is 6.03 Å². The van der Waals surface area contributed by atoms with Crippen molar-refractivity contribution in [3.63, 3.8) is 0 Å². The zero-order valence-electron chi connectivity index (χ0n) is 11.6. The maximum absolute atomic E-state index is 12.5. The number of hydrogen-bond donors (Lipinski definition) is 1. The van der Waals surface area contributed by atoms with Crippen LogP contribution in [0.1, 0.15) is 10.9 Å². The van der Waals surface area contributed by atoms with Crippen LogP contribution in [-0.4, -0.2) is 23.2 Å². The first kappa shape index (κ1) is 15.5. The number of hydrogen-bond acceptors (Lipinski definition) is 2. The summed E-state index contributed by atoms with van der Waals surface area (Å²) >= 11 is 13.9. The van der Waals surface area contributed by atoms with E-state index < -0.39 is 0 Å². The van der Waals surface area contributed by atoms with Crippen LogP contribution in [0.25, 0.3) is 0 Å². The molecule has 1 aliphatic rings. The Balaban J connectivity index is 1.79. The topological polar surface area (TPSA) is 32.3 Å². The van der Waals surface area contributed by atoms with Crippen molar-refractivity contribution in [1.82, 2.24) is 4.90 Å². The van der Waals surface area contributed by atoms with Gasteiger partial charge in [0.1, 0.15) is 5.37 Å². The fourth-order valence-electron chi connectivity index (χ4n) is 2.35. The van der Waals surface area contributed by atoms with E-state index in [1.165, 1.54) is 0 Å². The molecule has 2 aromatic carbocycles. The average Bonchev–Trinajstić information content (AvgIpc) is 2.97. The Kier molecular flexibility index (Phi) is 4.81. The third-order valence-electron chi connectivity index (χ3n) is 3.41. The number of urea groups is 1. The van der Waals surface area contributed by atoms with Crippen LogP contribution in [0.4, 0.5) is 10.5 Å². The molecule has 1 fully saturated rings. The minimum Gasteiger partial charge on any atom is -0.308 e. The van der Waals surface area contributed by atoms with E-state index in [1.807, 2.05) is 36.4 Å². The predicted molar refractivity (Wildman–Crippen MR) is 93.8 cm³/mol. The molecule has 1 saturated heterocycles. The molecule has 0 radical (unpaired) electrons. The van der Waals surface area contributed by atoms with Gasteiger partial charge in [-0.2, -0.15) is 0 Å². The van der Waals surface area contributed by atoms with Crippen LogP contribution in [0, 0.1) is 0 Å². The Morgan fingerprint density at radius 1 is 1.18 bits per heavy atom. The summed E-state index contributed by atoms with van der Waals surface area (Å²) in [6.45, 7) is 0.687. The van der Waals surface area contributed by atoms with Crippen molar-refractivity contribution in [2.24, 2.45) is 0 Å². The van der Waals surface area contributed by atoms with E-state index in [1.54, 1.807) is 28.8 Å². The standard InChI is InChI=1S/C16H14Cl2N2OS/c17-11-6-7-13(14(18)10-11)15-20(8-9-22-15)16(21)19-12-4-2-1-3-5-12/h1-7,10,15H,8-9H2,(H,19,21). The number of carbonyl (C=O) groups is 1. The van der Waals surface area contributed by atoms with Gasteiger partial charge in [0.15, 0.2) is 0 Å². The number of para-hydroxylation sites is 1. The number of nitrogens with one attached hydrogen (secondary N) is 1. The van der Waals surface area contributed by atoms with Gasteiger partial charge in [-0.15, -0.1) is 11.8 Å². The van der Waals surface area contributed by atoms with Crippen LogP contribution in [0.15, 0.2) is 48.5 Å². The molecule has 114 valence electrons. The lowest BCUT2D eigenvalue weighted by Crippen LogP contribution is -2.34. The Labute approximate surface area is 143 Å². The van der Waals surface area contributed by atoms with Crippen molar-refractivity contribution in [3.8, 4) is 0 Å². The molecule has 0 aromatic heterocycles. The molecule has 0 saturated carbocycles. The molecule has 0 bridgehead atoms. The van der Waals surface area contributed by atoms with Crippen molar-refractivity contribution in [2.45, 2.75) is 5.37 Å². The lowest BCUT2D eigenvalue weighted by Gasteiger charge is -2.25. The molecule has 3 rings (SSSR count). The number of amides is 2. The van der Waals surface area contributed by atoms with E-state index in [0.29, 0.717) is 16.6 Å². The van der Waals surface area contributed by atoms with Crippen LogP contribution < -0.4 is 5.32 Å². The average molecular weight is 353 g/mol. The fraction of sp³-hybridized carbons (Fsp3) is 0.188. The van der Waals surface area contributed by atoms with Gasteiger partial charge in [0.05, 0.1) is 0 Å². The van der Waals surface area contributed by atoms with E-state index in [4.69, 9.17) is 23.2 Å². The van der Waals surface area contributed by atoms with Crippen LogP contribution in [0.2, 0.25) is 10.0 Å². The van der Waals surface area contributed by atoms with Gasteiger partial charge in [0.2, 0.25) is 0 Å². The van der Waals surface area contributed by atoms with Crippen molar-refractivity contribution >= 4 is 46.7 Å². The van der Waals surface area contributed by atoms with Gasteiger partial charge in [-0.05, 0) is 24.3 Å². The molecule has 2 amide bonds. The van der Waals surface area contributed by atoms with Crippen molar-refractivity contribution in [3.05, 3.63) is 64.1 Å². The second-order valence-electron chi connectivity index (χ2n) is 4.88. The first-order valence-electron chi connectivity index (χ1n) is 6.84. The van der Waals surface area contributed by atoms with Crippen molar-refractivity contribution in [2.75, 3.05) is 17.6 Å². The van der Waals surface area contributed by atoms with Crippen molar-refractivity contribution in [1.29, 1.82) is 0 Å². The first-order chi connectivity index (χ1) is 10.6. The number of halogens is 2.